The number of guanidine groups is 1. The summed E-state index contributed by atoms with van der Waals surface area (Å²) in [6, 6.07) is 1.62. The number of aliphatic imine (C=N–C) groups is 1. The van der Waals surface area contributed by atoms with Gasteiger partial charge in [0.2, 0.25) is 0 Å². The first kappa shape index (κ1) is 17.1. The van der Waals surface area contributed by atoms with Crippen LogP contribution in [0, 0.1) is 0 Å². The Morgan fingerprint density at radius 2 is 2.30 bits per heavy atom. The molecule has 9 heteroatoms. The third-order valence-corrected chi connectivity index (χ3v) is 3.69. The van der Waals surface area contributed by atoms with Crippen molar-refractivity contribution in [2.24, 2.45) is 10.7 Å². The maximum absolute atomic E-state index is 11.6. The summed E-state index contributed by atoms with van der Waals surface area (Å²) in [5.74, 6) is 2.57. The average Bonchev–Trinajstić information content (AvgIpc) is 2.98. The van der Waals surface area contributed by atoms with E-state index >= 15 is 0 Å². The molecular weight excluding hydrogens is 391 g/mol. The lowest BCUT2D eigenvalue weighted by molar-refractivity contribution is 0.0950. The molecule has 4 N–H and O–H groups in total. The van der Waals surface area contributed by atoms with E-state index < -0.39 is 0 Å². The Bertz CT molecular complexity index is 432. The maximum Gasteiger partial charge on any atom is 0.269 e. The van der Waals surface area contributed by atoms with Gasteiger partial charge in [-0.15, -0.1) is 24.0 Å². The fourth-order valence-corrected chi connectivity index (χ4v) is 2.61. The van der Waals surface area contributed by atoms with Gasteiger partial charge in [0.05, 0.1) is 6.54 Å². The number of rotatable bonds is 4. The van der Waals surface area contributed by atoms with Gasteiger partial charge in [0.25, 0.3) is 5.91 Å². The molecule has 1 aliphatic heterocycles. The molecule has 0 atom stereocenters. The number of aromatic amines is 1. The van der Waals surface area contributed by atoms with E-state index in [0.29, 0.717) is 24.7 Å². The zero-order valence-electron chi connectivity index (χ0n) is 11.0. The second-order valence-electron chi connectivity index (χ2n) is 4.07. The molecule has 2 heterocycles. The predicted molar refractivity (Wildman–Crippen MR) is 91.7 cm³/mol. The minimum absolute atomic E-state index is 0. The van der Waals surface area contributed by atoms with Gasteiger partial charge in [-0.05, 0) is 6.07 Å². The Hall–Kier alpha value is -0.970. The van der Waals surface area contributed by atoms with Gasteiger partial charge in [0, 0.05) is 37.3 Å². The number of thioether (sulfide) groups is 1. The van der Waals surface area contributed by atoms with Crippen molar-refractivity contribution in [2.45, 2.75) is 0 Å². The number of H-pyrrole nitrogens is 1. The second kappa shape index (κ2) is 9.06. The minimum atomic E-state index is -0.180. The van der Waals surface area contributed by atoms with E-state index in [0.717, 1.165) is 24.6 Å². The van der Waals surface area contributed by atoms with E-state index in [1.807, 2.05) is 11.8 Å². The first-order valence-electron chi connectivity index (χ1n) is 6.17. The average molecular weight is 410 g/mol. The van der Waals surface area contributed by atoms with Gasteiger partial charge in [-0.1, -0.05) is 0 Å². The van der Waals surface area contributed by atoms with Gasteiger partial charge in [-0.2, -0.15) is 16.9 Å². The fourth-order valence-electron chi connectivity index (χ4n) is 1.71. The number of halogens is 1. The van der Waals surface area contributed by atoms with Crippen molar-refractivity contribution in [3.63, 3.8) is 0 Å². The van der Waals surface area contributed by atoms with Crippen LogP contribution in [0.3, 0.4) is 0 Å². The SMILES string of the molecule is I.NC(=NCCNC(=O)c1ccn[nH]1)N1CCSCC1. The molecule has 1 aromatic rings. The highest BCUT2D eigenvalue weighted by Crippen LogP contribution is 2.08. The van der Waals surface area contributed by atoms with Crippen molar-refractivity contribution in [3.8, 4) is 0 Å². The van der Waals surface area contributed by atoms with Crippen molar-refractivity contribution < 1.29 is 4.79 Å². The topological polar surface area (TPSA) is 99.4 Å². The Labute approximate surface area is 139 Å². The van der Waals surface area contributed by atoms with E-state index in [9.17, 15) is 4.79 Å². The van der Waals surface area contributed by atoms with E-state index in [-0.39, 0.29) is 29.9 Å². The number of carbonyl (C=O) groups excluding carboxylic acids is 1. The van der Waals surface area contributed by atoms with E-state index in [4.69, 9.17) is 5.73 Å². The molecule has 0 unspecified atom stereocenters. The maximum atomic E-state index is 11.6. The number of carbonyl (C=O) groups is 1. The number of nitrogens with one attached hydrogen (secondary N) is 2. The standard InChI is InChI=1S/C11H18N6OS.HI/c12-11(17-5-7-19-8-6-17)14-4-3-13-10(18)9-1-2-15-16-9;/h1-2H,3-8H2,(H2,12,14)(H,13,18)(H,15,16);1H. The molecule has 112 valence electrons. The first-order chi connectivity index (χ1) is 9.27. The van der Waals surface area contributed by atoms with Crippen LogP contribution in [0.1, 0.15) is 10.5 Å². The summed E-state index contributed by atoms with van der Waals surface area (Å²) in [6.45, 7) is 2.83. The Balaban J connectivity index is 0.00000200. The van der Waals surface area contributed by atoms with Crippen molar-refractivity contribution >= 4 is 47.6 Å². The zero-order chi connectivity index (χ0) is 13.5. The molecule has 1 fully saturated rings. The summed E-state index contributed by atoms with van der Waals surface area (Å²) >= 11 is 1.93. The van der Waals surface area contributed by atoms with E-state index in [1.54, 1.807) is 12.3 Å². The molecule has 1 aliphatic rings. The van der Waals surface area contributed by atoms with E-state index in [1.165, 1.54) is 0 Å². The number of amides is 1. The molecule has 2 rings (SSSR count). The Morgan fingerprint density at radius 1 is 1.55 bits per heavy atom. The molecule has 0 radical (unpaired) electrons. The number of nitrogens with two attached hydrogens (primary N) is 1. The van der Waals surface area contributed by atoms with Crippen LogP contribution in [0.15, 0.2) is 17.3 Å². The summed E-state index contributed by atoms with van der Waals surface area (Å²) in [5.41, 5.74) is 6.35. The lowest BCUT2D eigenvalue weighted by Gasteiger charge is -2.27. The fraction of sp³-hybridized carbons (Fsp3) is 0.545. The highest BCUT2D eigenvalue weighted by Gasteiger charge is 2.11. The lowest BCUT2D eigenvalue weighted by Crippen LogP contribution is -2.43. The molecule has 0 saturated carbocycles. The van der Waals surface area contributed by atoms with Crippen molar-refractivity contribution in [2.75, 3.05) is 37.7 Å². The molecule has 0 aliphatic carbocycles. The van der Waals surface area contributed by atoms with Crippen LogP contribution in [0.5, 0.6) is 0 Å². The predicted octanol–water partition coefficient (Wildman–Crippen LogP) is 0.121. The molecule has 7 nitrogen and oxygen atoms in total. The van der Waals surface area contributed by atoms with Crippen LogP contribution in [0.25, 0.3) is 0 Å². The van der Waals surface area contributed by atoms with Gasteiger partial charge in [-0.3, -0.25) is 14.9 Å². The number of nitrogens with zero attached hydrogens (tertiary/aromatic N) is 3. The van der Waals surface area contributed by atoms with Crippen molar-refractivity contribution in [1.82, 2.24) is 20.4 Å². The Morgan fingerprint density at radius 3 is 2.95 bits per heavy atom. The summed E-state index contributed by atoms with van der Waals surface area (Å²) in [7, 11) is 0. The third-order valence-electron chi connectivity index (χ3n) is 2.75. The molecule has 20 heavy (non-hydrogen) atoms. The number of hydrogen-bond donors (Lipinski definition) is 3. The summed E-state index contributed by atoms with van der Waals surface area (Å²) in [5, 5.41) is 9.07. The second-order valence-corrected chi connectivity index (χ2v) is 5.29. The molecular formula is C11H19IN6OS. The minimum Gasteiger partial charge on any atom is -0.370 e. The van der Waals surface area contributed by atoms with Crippen LogP contribution in [-0.4, -0.2) is 64.6 Å². The molecule has 1 amide bonds. The smallest absolute Gasteiger partial charge is 0.269 e. The van der Waals surface area contributed by atoms with Crippen LogP contribution in [-0.2, 0) is 0 Å². The molecule has 1 saturated heterocycles. The lowest BCUT2D eigenvalue weighted by atomic mass is 10.4. The monoisotopic (exact) mass is 410 g/mol. The van der Waals surface area contributed by atoms with Crippen LogP contribution < -0.4 is 11.1 Å². The van der Waals surface area contributed by atoms with Gasteiger partial charge in [0.15, 0.2) is 5.96 Å². The highest BCUT2D eigenvalue weighted by atomic mass is 127. The molecule has 0 bridgehead atoms. The van der Waals surface area contributed by atoms with Gasteiger partial charge in [0.1, 0.15) is 5.69 Å². The van der Waals surface area contributed by atoms with Crippen molar-refractivity contribution in [1.29, 1.82) is 0 Å². The Kier molecular flexibility index (Phi) is 7.73. The molecule has 1 aromatic heterocycles. The number of hydrogen-bond acceptors (Lipinski definition) is 4. The zero-order valence-corrected chi connectivity index (χ0v) is 14.2. The largest absolute Gasteiger partial charge is 0.370 e. The molecule has 0 spiro atoms. The summed E-state index contributed by atoms with van der Waals surface area (Å²) in [6.07, 6.45) is 1.54. The van der Waals surface area contributed by atoms with Crippen molar-refractivity contribution in [3.05, 3.63) is 18.0 Å². The normalized spacial score (nSPS) is 15.6. The van der Waals surface area contributed by atoms with Gasteiger partial charge < -0.3 is 16.0 Å². The highest BCUT2D eigenvalue weighted by molar-refractivity contribution is 14.0. The van der Waals surface area contributed by atoms with Crippen LogP contribution in [0.4, 0.5) is 0 Å². The van der Waals surface area contributed by atoms with Crippen LogP contribution in [0.2, 0.25) is 0 Å². The van der Waals surface area contributed by atoms with Crippen LogP contribution >= 0.6 is 35.7 Å². The van der Waals surface area contributed by atoms with E-state index in [2.05, 4.69) is 25.4 Å². The van der Waals surface area contributed by atoms with Gasteiger partial charge >= 0.3 is 0 Å². The third kappa shape index (κ3) is 5.19. The molecule has 0 aromatic carbocycles. The number of aromatic nitrogens is 2. The first-order valence-corrected chi connectivity index (χ1v) is 7.33. The summed E-state index contributed by atoms with van der Waals surface area (Å²) in [4.78, 5) is 17.9. The quantitative estimate of drug-likeness (QED) is 0.284. The summed E-state index contributed by atoms with van der Waals surface area (Å²) < 4.78 is 0. The van der Waals surface area contributed by atoms with Gasteiger partial charge in [-0.25, -0.2) is 0 Å².